The maximum absolute atomic E-state index is 12.4. The van der Waals surface area contributed by atoms with E-state index in [0.717, 1.165) is 11.1 Å². The highest BCUT2D eigenvalue weighted by atomic mass is 19.3. The van der Waals surface area contributed by atoms with E-state index >= 15 is 0 Å². The molecule has 2 aromatic carbocycles. The predicted octanol–water partition coefficient (Wildman–Crippen LogP) is 3.93. The molecule has 0 heterocycles. The molecule has 0 aliphatic heterocycles. The summed E-state index contributed by atoms with van der Waals surface area (Å²) in [6, 6.07) is 9.73. The smallest absolute Gasteiger partial charge is 0.387 e. The van der Waals surface area contributed by atoms with Gasteiger partial charge in [0, 0.05) is 11.8 Å². The van der Waals surface area contributed by atoms with Crippen LogP contribution in [0.5, 0.6) is 17.2 Å². The first-order chi connectivity index (χ1) is 11.9. The summed E-state index contributed by atoms with van der Waals surface area (Å²) in [5, 5.41) is 2.56. The van der Waals surface area contributed by atoms with Crippen LogP contribution in [0.1, 0.15) is 11.1 Å². The van der Waals surface area contributed by atoms with E-state index in [1.807, 2.05) is 26.0 Å². The van der Waals surface area contributed by atoms with Gasteiger partial charge in [-0.25, -0.2) is 0 Å². The Hall–Kier alpha value is -2.83. The number of benzene rings is 2. The van der Waals surface area contributed by atoms with Crippen molar-refractivity contribution in [2.45, 2.75) is 20.5 Å². The molecule has 0 spiro atoms. The molecular weight excluding hydrogens is 332 g/mol. The van der Waals surface area contributed by atoms with Crippen molar-refractivity contribution in [3.8, 4) is 17.2 Å². The van der Waals surface area contributed by atoms with Gasteiger partial charge < -0.3 is 19.5 Å². The van der Waals surface area contributed by atoms with Crippen molar-refractivity contribution in [1.29, 1.82) is 0 Å². The van der Waals surface area contributed by atoms with Gasteiger partial charge in [-0.15, -0.1) is 0 Å². The lowest BCUT2D eigenvalue weighted by Gasteiger charge is -2.12. The Morgan fingerprint density at radius 1 is 1.08 bits per heavy atom. The van der Waals surface area contributed by atoms with Crippen molar-refractivity contribution in [2.75, 3.05) is 19.0 Å². The number of hydrogen-bond donors (Lipinski definition) is 1. The summed E-state index contributed by atoms with van der Waals surface area (Å²) in [6.07, 6.45) is 0. The third-order valence-electron chi connectivity index (χ3n) is 3.51. The van der Waals surface area contributed by atoms with Crippen LogP contribution in [0.2, 0.25) is 0 Å². The number of hydrogen-bond acceptors (Lipinski definition) is 4. The Bertz CT molecular complexity index is 750. The molecule has 0 aromatic heterocycles. The second-order valence-electron chi connectivity index (χ2n) is 5.33. The zero-order valence-electron chi connectivity index (χ0n) is 14.1. The van der Waals surface area contributed by atoms with E-state index in [9.17, 15) is 13.6 Å². The van der Waals surface area contributed by atoms with Gasteiger partial charge >= 0.3 is 6.61 Å². The molecule has 0 radical (unpaired) electrons. The van der Waals surface area contributed by atoms with Crippen LogP contribution in [-0.4, -0.2) is 26.2 Å². The van der Waals surface area contributed by atoms with Crippen LogP contribution in [0.4, 0.5) is 14.5 Å². The predicted molar refractivity (Wildman–Crippen MR) is 89.7 cm³/mol. The van der Waals surface area contributed by atoms with E-state index in [0.29, 0.717) is 11.4 Å². The molecule has 0 fully saturated rings. The van der Waals surface area contributed by atoms with Gasteiger partial charge in [0.2, 0.25) is 0 Å². The first-order valence-electron chi connectivity index (χ1n) is 7.52. The highest BCUT2D eigenvalue weighted by Crippen LogP contribution is 2.31. The van der Waals surface area contributed by atoms with Gasteiger partial charge in [0.15, 0.2) is 18.1 Å². The molecule has 25 heavy (non-hydrogen) atoms. The molecule has 0 atom stereocenters. The number of aryl methyl sites for hydroxylation is 2. The van der Waals surface area contributed by atoms with E-state index in [1.54, 1.807) is 6.07 Å². The van der Waals surface area contributed by atoms with Gasteiger partial charge in [0.25, 0.3) is 5.91 Å². The number of carbonyl (C=O) groups is 1. The van der Waals surface area contributed by atoms with Crippen LogP contribution < -0.4 is 19.5 Å². The second-order valence-corrected chi connectivity index (χ2v) is 5.33. The Morgan fingerprint density at radius 3 is 2.48 bits per heavy atom. The van der Waals surface area contributed by atoms with Gasteiger partial charge in [0.05, 0.1) is 7.11 Å². The number of rotatable bonds is 7. The Balaban J connectivity index is 1.98. The van der Waals surface area contributed by atoms with Crippen molar-refractivity contribution < 1.29 is 27.8 Å². The minimum atomic E-state index is -2.99. The van der Waals surface area contributed by atoms with Crippen LogP contribution in [0.25, 0.3) is 0 Å². The molecule has 0 bridgehead atoms. The lowest BCUT2D eigenvalue weighted by molar-refractivity contribution is -0.118. The maximum atomic E-state index is 12.4. The van der Waals surface area contributed by atoms with E-state index in [2.05, 4.69) is 10.1 Å². The molecule has 0 saturated heterocycles. The molecule has 0 unspecified atom stereocenters. The molecule has 0 saturated carbocycles. The zero-order chi connectivity index (χ0) is 18.4. The third kappa shape index (κ3) is 5.34. The van der Waals surface area contributed by atoms with Gasteiger partial charge in [-0.1, -0.05) is 6.07 Å². The lowest BCUT2D eigenvalue weighted by atomic mass is 10.1. The van der Waals surface area contributed by atoms with Crippen molar-refractivity contribution in [3.05, 3.63) is 47.5 Å². The van der Waals surface area contributed by atoms with E-state index in [1.165, 1.54) is 25.3 Å². The van der Waals surface area contributed by atoms with Gasteiger partial charge in [-0.2, -0.15) is 8.78 Å². The minimum Gasteiger partial charge on any atom is -0.493 e. The second kappa shape index (κ2) is 8.32. The fourth-order valence-corrected chi connectivity index (χ4v) is 2.09. The monoisotopic (exact) mass is 351 g/mol. The largest absolute Gasteiger partial charge is 0.493 e. The quantitative estimate of drug-likeness (QED) is 0.821. The molecule has 1 amide bonds. The van der Waals surface area contributed by atoms with Crippen LogP contribution in [0.15, 0.2) is 36.4 Å². The Morgan fingerprint density at radius 2 is 1.84 bits per heavy atom. The van der Waals surface area contributed by atoms with E-state index in [4.69, 9.17) is 9.47 Å². The first-order valence-corrected chi connectivity index (χ1v) is 7.52. The molecule has 1 N–H and O–H groups in total. The van der Waals surface area contributed by atoms with Crippen LogP contribution in [0.3, 0.4) is 0 Å². The fraction of sp³-hybridized carbons (Fsp3) is 0.278. The summed E-state index contributed by atoms with van der Waals surface area (Å²) >= 11 is 0. The molecule has 0 aliphatic rings. The molecule has 2 aromatic rings. The number of halogens is 2. The summed E-state index contributed by atoms with van der Waals surface area (Å²) in [7, 11) is 1.34. The SMILES string of the molecule is COc1ccc(NC(=O)COc2ccc(C)c(C)c2)cc1OC(F)F. The highest BCUT2D eigenvalue weighted by molar-refractivity contribution is 5.92. The number of carbonyl (C=O) groups excluding carboxylic acids is 1. The molecule has 7 heteroatoms. The average molecular weight is 351 g/mol. The number of ether oxygens (including phenoxy) is 3. The Kier molecular flexibility index (Phi) is 6.16. The molecular formula is C18H19F2NO4. The number of amides is 1. The van der Waals surface area contributed by atoms with Gasteiger partial charge in [0.1, 0.15) is 5.75 Å². The minimum absolute atomic E-state index is 0.143. The highest BCUT2D eigenvalue weighted by Gasteiger charge is 2.12. The summed E-state index contributed by atoms with van der Waals surface area (Å²) in [5.74, 6) is 0.135. The van der Waals surface area contributed by atoms with Crippen LogP contribution in [-0.2, 0) is 4.79 Å². The molecule has 134 valence electrons. The van der Waals surface area contributed by atoms with Crippen molar-refractivity contribution in [2.24, 2.45) is 0 Å². The number of nitrogens with one attached hydrogen (secondary N) is 1. The van der Waals surface area contributed by atoms with E-state index < -0.39 is 12.5 Å². The van der Waals surface area contributed by atoms with Crippen LogP contribution in [0, 0.1) is 13.8 Å². The summed E-state index contributed by atoms with van der Waals surface area (Å²) in [6.45, 7) is 0.728. The van der Waals surface area contributed by atoms with Crippen molar-refractivity contribution in [3.63, 3.8) is 0 Å². The normalized spacial score (nSPS) is 10.5. The van der Waals surface area contributed by atoms with Crippen molar-refractivity contribution >= 4 is 11.6 Å². The molecule has 0 aliphatic carbocycles. The van der Waals surface area contributed by atoms with Crippen molar-refractivity contribution in [1.82, 2.24) is 0 Å². The van der Waals surface area contributed by atoms with Crippen LogP contribution >= 0.6 is 0 Å². The molecule has 5 nitrogen and oxygen atoms in total. The zero-order valence-corrected chi connectivity index (χ0v) is 14.1. The van der Waals surface area contributed by atoms with Gasteiger partial charge in [-0.3, -0.25) is 4.79 Å². The Labute approximate surface area is 144 Å². The van der Waals surface area contributed by atoms with Gasteiger partial charge in [-0.05, 0) is 49.2 Å². The summed E-state index contributed by atoms with van der Waals surface area (Å²) in [4.78, 5) is 12.0. The average Bonchev–Trinajstić information content (AvgIpc) is 2.56. The summed E-state index contributed by atoms with van der Waals surface area (Å²) < 4.78 is 39.6. The topological polar surface area (TPSA) is 56.8 Å². The fourth-order valence-electron chi connectivity index (χ4n) is 2.09. The van der Waals surface area contributed by atoms with E-state index in [-0.39, 0.29) is 18.1 Å². The number of methoxy groups -OCH3 is 1. The summed E-state index contributed by atoms with van der Waals surface area (Å²) in [5.41, 5.74) is 2.48. The molecule has 2 rings (SSSR count). The first kappa shape index (κ1) is 18.5. The maximum Gasteiger partial charge on any atom is 0.387 e. The standard InChI is InChI=1S/C18H19F2NO4/c1-11-4-6-14(8-12(11)2)24-10-17(22)21-13-5-7-15(23-3)16(9-13)25-18(19)20/h4-9,18H,10H2,1-3H3,(H,21,22). The number of anilines is 1. The lowest BCUT2D eigenvalue weighted by Crippen LogP contribution is -2.20. The number of alkyl halides is 2. The third-order valence-corrected chi connectivity index (χ3v) is 3.51.